The van der Waals surface area contributed by atoms with E-state index in [9.17, 15) is 10.1 Å². The summed E-state index contributed by atoms with van der Waals surface area (Å²) in [5.41, 5.74) is 2.55. The van der Waals surface area contributed by atoms with E-state index in [0.717, 1.165) is 16.8 Å². The lowest BCUT2D eigenvalue weighted by molar-refractivity contribution is -0.0660. The van der Waals surface area contributed by atoms with E-state index in [1.807, 2.05) is 57.5 Å². The molecular weight excluding hydrogens is 599 g/mol. The number of carbonyl (C=O) groups is 1. The molecule has 0 fully saturated rings. The van der Waals surface area contributed by atoms with E-state index in [-0.39, 0.29) is 10.6 Å². The maximum absolute atomic E-state index is 13.5. The van der Waals surface area contributed by atoms with Crippen LogP contribution in [0.25, 0.3) is 11.3 Å². The van der Waals surface area contributed by atoms with Crippen LogP contribution >= 0.6 is 0 Å². The number of benzene rings is 1. The van der Waals surface area contributed by atoms with Crippen LogP contribution in [-0.2, 0) is 32.5 Å². The number of hydrogen-bond acceptors (Lipinski definition) is 9. The second kappa shape index (κ2) is 11.5. The van der Waals surface area contributed by atoms with Crippen molar-refractivity contribution in [2.45, 2.75) is 110 Å². The Morgan fingerprint density at radius 1 is 1.13 bits per heavy atom. The van der Waals surface area contributed by atoms with Gasteiger partial charge in [-0.3, -0.25) is 9.58 Å². The van der Waals surface area contributed by atoms with Gasteiger partial charge in [0.2, 0.25) is 5.95 Å². The van der Waals surface area contributed by atoms with Crippen molar-refractivity contribution in [3.63, 3.8) is 0 Å². The summed E-state index contributed by atoms with van der Waals surface area (Å²) in [4.78, 5) is 24.4. The van der Waals surface area contributed by atoms with Gasteiger partial charge in [-0.1, -0.05) is 27.7 Å². The van der Waals surface area contributed by atoms with Crippen molar-refractivity contribution in [3.8, 4) is 17.3 Å². The Morgan fingerprint density at radius 2 is 1.85 bits per heavy atom. The van der Waals surface area contributed by atoms with Crippen molar-refractivity contribution in [3.05, 3.63) is 47.3 Å². The lowest BCUT2D eigenvalue weighted by Gasteiger charge is -2.39. The highest BCUT2D eigenvalue weighted by Gasteiger charge is 2.47. The largest absolute Gasteiger partial charge is 0.443 e. The zero-order valence-corrected chi connectivity index (χ0v) is 30.0. The highest BCUT2D eigenvalue weighted by molar-refractivity contribution is 6.74. The molecule has 0 bridgehead atoms. The Kier molecular flexibility index (Phi) is 8.37. The molecule has 0 saturated carbocycles. The second-order valence-electron chi connectivity index (χ2n) is 15.8. The van der Waals surface area contributed by atoms with Crippen LogP contribution in [0.1, 0.15) is 79.1 Å². The number of anilines is 3. The molecular formula is C34H47N7O4Si. The predicted octanol–water partition coefficient (Wildman–Crippen LogP) is 7.30. The third kappa shape index (κ3) is 6.82. The number of nitriles is 1. The maximum atomic E-state index is 13.5. The zero-order chi connectivity index (χ0) is 33.9. The Bertz CT molecular complexity index is 1700. The number of ether oxygens (including phenoxy) is 2. The zero-order valence-electron chi connectivity index (χ0n) is 29.0. The average Bonchev–Trinajstić information content (AvgIpc) is 3.47. The minimum Gasteiger partial charge on any atom is -0.443 e. The third-order valence-electron chi connectivity index (χ3n) is 9.03. The summed E-state index contributed by atoms with van der Waals surface area (Å²) in [5.74, 6) is 1.01. The molecule has 11 nitrogen and oxygen atoms in total. The van der Waals surface area contributed by atoms with Crippen molar-refractivity contribution in [1.82, 2.24) is 19.7 Å². The van der Waals surface area contributed by atoms with Crippen molar-refractivity contribution >= 4 is 31.9 Å². The Labute approximate surface area is 273 Å². The fraction of sp³-hybridized carbons (Fsp3) is 0.559. The molecule has 5 rings (SSSR count). The van der Waals surface area contributed by atoms with Crippen LogP contribution in [-0.4, -0.2) is 58.5 Å². The van der Waals surface area contributed by atoms with Gasteiger partial charge in [-0.05, 0) is 76.5 Å². The van der Waals surface area contributed by atoms with Gasteiger partial charge < -0.3 is 19.2 Å². The molecule has 1 aromatic carbocycles. The average molecular weight is 646 g/mol. The Morgan fingerprint density at radius 3 is 2.50 bits per heavy atom. The minimum absolute atomic E-state index is 0.0112. The van der Waals surface area contributed by atoms with Crippen LogP contribution in [0.4, 0.5) is 22.2 Å². The monoisotopic (exact) mass is 645 g/mol. The third-order valence-corrected chi connectivity index (χ3v) is 13.5. The molecule has 2 aliphatic heterocycles. The molecule has 1 atom stereocenters. The summed E-state index contributed by atoms with van der Waals surface area (Å²) < 4.78 is 20.4. The normalized spacial score (nSPS) is 19.3. The highest BCUT2D eigenvalue weighted by atomic mass is 28.4. The van der Waals surface area contributed by atoms with Crippen LogP contribution in [0.3, 0.4) is 0 Å². The number of carbonyl (C=O) groups excluding carboxylic acids is 1. The summed E-state index contributed by atoms with van der Waals surface area (Å²) in [6, 6.07) is 9.89. The first-order valence-corrected chi connectivity index (χ1v) is 18.7. The molecule has 1 amide bonds. The van der Waals surface area contributed by atoms with Gasteiger partial charge in [0.05, 0.1) is 41.4 Å². The van der Waals surface area contributed by atoms with E-state index >= 15 is 0 Å². The van der Waals surface area contributed by atoms with E-state index in [4.69, 9.17) is 18.9 Å². The summed E-state index contributed by atoms with van der Waals surface area (Å²) >= 11 is 0. The van der Waals surface area contributed by atoms with E-state index in [1.165, 1.54) is 0 Å². The van der Waals surface area contributed by atoms with Crippen molar-refractivity contribution in [1.29, 1.82) is 5.26 Å². The Hall–Kier alpha value is -3.79. The number of aromatic nitrogens is 4. The standard InChI is InChI=1S/C34H47N7O4Si/c1-31(2,3)45-30(42)40-20-34(9,21-44-46(10,11)32(4,5)6)25-15-22(14-23(17-35)28(25)40)26-12-13-36-29(37-26)38-27-16-24-18-43-33(7,8)19-41(24)39-27/h12-16H,18-21H2,1-11H3,(H,36,37,38,39). The highest BCUT2D eigenvalue weighted by Crippen LogP contribution is 2.47. The second-order valence-corrected chi connectivity index (χ2v) is 20.6. The van der Waals surface area contributed by atoms with Gasteiger partial charge in [0, 0.05) is 36.4 Å². The van der Waals surface area contributed by atoms with Crippen LogP contribution < -0.4 is 10.2 Å². The smallest absolute Gasteiger partial charge is 0.414 e. The lowest BCUT2D eigenvalue weighted by atomic mass is 9.83. The SMILES string of the molecule is CC(C)(C)OC(=O)N1CC(C)(CO[Si](C)(C)C(C)(C)C)c2cc(-c3ccnc(Nc4cc5n(n4)CC(C)(C)OC5)n3)cc(C#N)c21. The molecule has 3 aromatic rings. The van der Waals surface area contributed by atoms with Crippen LogP contribution in [0.5, 0.6) is 0 Å². The van der Waals surface area contributed by atoms with Gasteiger partial charge in [-0.15, -0.1) is 0 Å². The summed E-state index contributed by atoms with van der Waals surface area (Å²) in [6.07, 6.45) is 1.19. The fourth-order valence-electron chi connectivity index (χ4n) is 5.42. The van der Waals surface area contributed by atoms with Gasteiger partial charge in [-0.2, -0.15) is 10.4 Å². The van der Waals surface area contributed by atoms with Crippen LogP contribution in [0.2, 0.25) is 18.1 Å². The molecule has 1 N–H and O–H groups in total. The summed E-state index contributed by atoms with van der Waals surface area (Å²) in [7, 11) is -2.13. The molecule has 4 heterocycles. The van der Waals surface area contributed by atoms with Crippen molar-refractivity contribution in [2.24, 2.45) is 0 Å². The van der Waals surface area contributed by atoms with Crippen molar-refractivity contribution in [2.75, 3.05) is 23.4 Å². The van der Waals surface area contributed by atoms with Crippen molar-refractivity contribution < 1.29 is 18.7 Å². The summed E-state index contributed by atoms with van der Waals surface area (Å²) in [6.45, 7) is 24.6. The van der Waals surface area contributed by atoms with E-state index in [2.05, 4.69) is 62.3 Å². The molecule has 0 saturated heterocycles. The van der Waals surface area contributed by atoms with Gasteiger partial charge in [0.1, 0.15) is 11.7 Å². The number of nitrogens with zero attached hydrogens (tertiary/aromatic N) is 6. The molecule has 1 unspecified atom stereocenters. The number of amides is 1. The summed E-state index contributed by atoms with van der Waals surface area (Å²) in [5, 5.41) is 18.3. The topological polar surface area (TPSA) is 127 Å². The maximum Gasteiger partial charge on any atom is 0.414 e. The molecule has 46 heavy (non-hydrogen) atoms. The lowest BCUT2D eigenvalue weighted by Crippen LogP contribution is -2.46. The first-order valence-electron chi connectivity index (χ1n) is 15.7. The number of rotatable bonds is 6. The van der Waals surface area contributed by atoms with Crippen LogP contribution in [0, 0.1) is 11.3 Å². The van der Waals surface area contributed by atoms with Gasteiger partial charge >= 0.3 is 6.09 Å². The quantitative estimate of drug-likeness (QED) is 0.275. The molecule has 246 valence electrons. The molecule has 2 aromatic heterocycles. The van der Waals surface area contributed by atoms with Gasteiger partial charge in [0.25, 0.3) is 0 Å². The van der Waals surface area contributed by atoms with E-state index < -0.39 is 25.4 Å². The van der Waals surface area contributed by atoms with Crippen LogP contribution in [0.15, 0.2) is 30.5 Å². The van der Waals surface area contributed by atoms with Gasteiger partial charge in [-0.25, -0.2) is 14.8 Å². The number of fused-ring (bicyclic) bond motifs is 2. The van der Waals surface area contributed by atoms with Gasteiger partial charge in [0.15, 0.2) is 14.1 Å². The molecule has 0 radical (unpaired) electrons. The fourth-order valence-corrected chi connectivity index (χ4v) is 6.54. The van der Waals surface area contributed by atoms with E-state index in [0.29, 0.717) is 55.0 Å². The molecule has 12 heteroatoms. The number of hydrogen-bond donors (Lipinski definition) is 1. The number of nitrogens with one attached hydrogen (secondary N) is 1. The molecule has 2 aliphatic rings. The molecule has 0 aliphatic carbocycles. The minimum atomic E-state index is -2.13. The van der Waals surface area contributed by atoms with E-state index in [1.54, 1.807) is 17.2 Å². The Balaban J connectivity index is 1.52. The predicted molar refractivity (Wildman–Crippen MR) is 181 cm³/mol. The first kappa shape index (κ1) is 33.6. The molecule has 0 spiro atoms. The first-order chi connectivity index (χ1) is 21.2.